The predicted molar refractivity (Wildman–Crippen MR) is 210 cm³/mol. The number of aliphatic hydroxyl groups excluding tert-OH is 4. The van der Waals surface area contributed by atoms with E-state index in [0.29, 0.717) is 25.7 Å². The number of ketones is 1. The molecule has 0 fully saturated rings. The third-order valence-electron chi connectivity index (χ3n) is 9.45. The van der Waals surface area contributed by atoms with Crippen molar-refractivity contribution in [3.05, 3.63) is 0 Å². The molecule has 0 heterocycles. The minimum Gasteiger partial charge on any atom is -0.480 e. The van der Waals surface area contributed by atoms with Crippen LogP contribution >= 0.6 is 0 Å². The Balaban J connectivity index is 6.05. The number of rotatable bonds is 28. The van der Waals surface area contributed by atoms with Crippen LogP contribution in [0, 0.1) is 11.8 Å². The Bertz CT molecular complexity index is 1450. The highest BCUT2D eigenvalue weighted by Gasteiger charge is 2.37. The van der Waals surface area contributed by atoms with Gasteiger partial charge < -0.3 is 68.5 Å². The Kier molecular flexibility index (Phi) is 24.9. The molecule has 0 aliphatic heterocycles. The quantitative estimate of drug-likeness (QED) is 0.0355. The molecule has 0 aliphatic rings. The van der Waals surface area contributed by atoms with E-state index in [-0.39, 0.29) is 18.8 Å². The number of unbranched alkanes of at least 4 members (excludes halogenated alkanes) is 1. The van der Waals surface area contributed by atoms with Crippen LogP contribution in [0.25, 0.3) is 0 Å². The van der Waals surface area contributed by atoms with Crippen molar-refractivity contribution in [1.82, 2.24) is 37.2 Å². The monoisotopic (exact) mass is 846 g/mol. The Hall–Kier alpha value is -4.77. The zero-order valence-electron chi connectivity index (χ0n) is 35.1. The molecule has 0 radical (unpaired) electrons. The molecule has 0 saturated heterocycles. The Morgan fingerprint density at radius 2 is 1.12 bits per heavy atom. The lowest BCUT2D eigenvalue weighted by Gasteiger charge is -2.30. The number of carboxylic acid groups (broad SMARTS) is 1. The number of nitrogens with one attached hydrogen (secondary N) is 7. The third-order valence-corrected chi connectivity index (χ3v) is 9.45. The van der Waals surface area contributed by atoms with Crippen LogP contribution in [0.3, 0.4) is 0 Å². The number of amides is 7. The van der Waals surface area contributed by atoms with Gasteiger partial charge in [-0.15, -0.1) is 0 Å². The molecule has 0 aromatic rings. The first kappa shape index (κ1) is 54.2. The summed E-state index contributed by atoms with van der Waals surface area (Å²) in [4.78, 5) is 115. The molecule has 0 bridgehead atoms. The van der Waals surface area contributed by atoms with E-state index in [1.165, 1.54) is 0 Å². The van der Waals surface area contributed by atoms with E-state index < -0.39 is 133 Å². The third kappa shape index (κ3) is 18.4. The molecule has 1 unspecified atom stereocenters. The number of nitrogens with two attached hydrogens (primary N) is 1. The fourth-order valence-electron chi connectivity index (χ4n) is 5.42. The number of hydrogen-bond donors (Lipinski definition) is 13. The fourth-order valence-corrected chi connectivity index (χ4v) is 5.42. The maximum atomic E-state index is 13.7. The highest BCUT2D eigenvalue weighted by molar-refractivity contribution is 5.98. The Morgan fingerprint density at radius 1 is 0.610 bits per heavy atom. The highest BCUT2D eigenvalue weighted by atomic mass is 16.4. The van der Waals surface area contributed by atoms with E-state index in [4.69, 9.17) is 10.8 Å². The first-order valence-electron chi connectivity index (χ1n) is 19.7. The highest BCUT2D eigenvalue weighted by Crippen LogP contribution is 2.12. The largest absolute Gasteiger partial charge is 0.480 e. The first-order chi connectivity index (χ1) is 27.5. The minimum absolute atomic E-state index is 0.148. The van der Waals surface area contributed by atoms with Crippen LogP contribution in [-0.2, 0) is 43.2 Å². The van der Waals surface area contributed by atoms with E-state index in [0.717, 1.165) is 13.8 Å². The summed E-state index contributed by atoms with van der Waals surface area (Å²) in [5, 5.41) is 65.4. The van der Waals surface area contributed by atoms with Gasteiger partial charge in [0.25, 0.3) is 0 Å². The van der Waals surface area contributed by atoms with Crippen molar-refractivity contribution in [3.63, 3.8) is 0 Å². The van der Waals surface area contributed by atoms with Gasteiger partial charge in [0.1, 0.15) is 48.4 Å². The van der Waals surface area contributed by atoms with Crippen molar-refractivity contribution < 1.29 is 68.7 Å². The lowest BCUT2D eigenvalue weighted by Crippen LogP contribution is -2.62. The van der Waals surface area contributed by atoms with E-state index in [2.05, 4.69) is 26.6 Å². The lowest BCUT2D eigenvalue weighted by atomic mass is 9.96. The fraction of sp³-hybridized carbons (Fsp3) is 0.757. The van der Waals surface area contributed by atoms with Crippen LogP contribution in [0.5, 0.6) is 0 Å². The normalized spacial score (nSPS) is 16.8. The van der Waals surface area contributed by atoms with Gasteiger partial charge in [-0.05, 0) is 38.5 Å². The van der Waals surface area contributed by atoms with Crippen molar-refractivity contribution in [2.45, 2.75) is 155 Å². The molecule has 0 rings (SSSR count). The van der Waals surface area contributed by atoms with Crippen molar-refractivity contribution in [1.29, 1.82) is 0 Å². The number of carbonyl (C=O) groups excluding carboxylic acids is 8. The summed E-state index contributed by atoms with van der Waals surface area (Å²) in [7, 11) is 0. The van der Waals surface area contributed by atoms with Crippen LogP contribution in [0.1, 0.15) is 93.9 Å². The number of hydrogen-bond acceptors (Lipinski definition) is 14. The van der Waals surface area contributed by atoms with Gasteiger partial charge in [0.05, 0.1) is 25.4 Å². The molecular weight excluding hydrogens is 780 g/mol. The molecule has 59 heavy (non-hydrogen) atoms. The standard InChI is InChI=1S/C37H66N8O14/c1-9-12-14-22(40-31(52)21(13-10-2)41-33(54)25(38)29(50)17(4)5)32(53)44-26(18(6)11-3)35(56)45-27(19(7)47)34(55)39-15-24(49)43-28(30(51)20(8)48)36(57)42-23(16-46)37(58)59/h17-19,21-23,25-30,46-47,50-51H,9-16,38H2,1-8H3,(H,39,55)(H,40,52)(H,41,54)(H,42,57)(H,43,49)(H,44,53)(H,45,56)(H,58,59)/t18-,19-,21-,22+,23-,25-,26?,27-,28-,29+,30+/m0/s1. The van der Waals surface area contributed by atoms with Crippen molar-refractivity contribution >= 4 is 53.1 Å². The molecule has 11 atom stereocenters. The van der Waals surface area contributed by atoms with Crippen LogP contribution < -0.4 is 43.0 Å². The van der Waals surface area contributed by atoms with Gasteiger partial charge >= 0.3 is 5.97 Å². The molecule has 22 nitrogen and oxygen atoms in total. The van der Waals surface area contributed by atoms with Crippen LogP contribution in [0.15, 0.2) is 0 Å². The van der Waals surface area contributed by atoms with Gasteiger partial charge in [0.2, 0.25) is 41.4 Å². The topological polar surface area (TPSA) is 365 Å². The number of aliphatic carboxylic acids is 1. The van der Waals surface area contributed by atoms with E-state index in [1.807, 2.05) is 17.6 Å². The van der Waals surface area contributed by atoms with Gasteiger partial charge in [-0.3, -0.25) is 38.4 Å². The summed E-state index contributed by atoms with van der Waals surface area (Å²) in [5.41, 5.74) is 5.91. The molecule has 22 heteroatoms. The van der Waals surface area contributed by atoms with Crippen LogP contribution in [-0.4, -0.2) is 152 Å². The molecule has 0 aromatic heterocycles. The molecular formula is C37H66N8O14. The second-order valence-corrected chi connectivity index (χ2v) is 14.8. The van der Waals surface area contributed by atoms with Crippen LogP contribution in [0.2, 0.25) is 0 Å². The van der Waals surface area contributed by atoms with Crippen molar-refractivity contribution in [2.24, 2.45) is 17.6 Å². The van der Waals surface area contributed by atoms with Crippen molar-refractivity contribution in [3.8, 4) is 0 Å². The molecule has 0 spiro atoms. The zero-order chi connectivity index (χ0) is 45.7. The van der Waals surface area contributed by atoms with E-state index in [9.17, 15) is 63.6 Å². The van der Waals surface area contributed by atoms with Gasteiger partial charge in [-0.25, -0.2) is 4.79 Å². The molecule has 14 N–H and O–H groups in total. The summed E-state index contributed by atoms with van der Waals surface area (Å²) in [5.74, 6) is -10.3. The summed E-state index contributed by atoms with van der Waals surface area (Å²) >= 11 is 0. The van der Waals surface area contributed by atoms with Gasteiger partial charge in [0.15, 0.2) is 5.78 Å². The molecule has 338 valence electrons. The maximum Gasteiger partial charge on any atom is 0.328 e. The van der Waals surface area contributed by atoms with Crippen molar-refractivity contribution in [2.75, 3.05) is 13.2 Å². The predicted octanol–water partition coefficient (Wildman–Crippen LogP) is -4.20. The number of carbonyl (C=O) groups is 9. The lowest BCUT2D eigenvalue weighted by molar-refractivity contribution is -0.144. The number of Topliss-reactive ketones (excluding diaryl/α,β-unsaturated/α-hetero) is 1. The molecule has 0 aromatic carbocycles. The Morgan fingerprint density at radius 3 is 1.59 bits per heavy atom. The number of aliphatic hydroxyl groups is 4. The molecule has 0 saturated carbocycles. The average Bonchev–Trinajstić information content (AvgIpc) is 3.18. The maximum absolute atomic E-state index is 13.7. The van der Waals surface area contributed by atoms with E-state index >= 15 is 0 Å². The SMILES string of the molecule is CCCC[C@@H](NC(=O)[C@H](CCC)NC(=O)[C@@H](N)[C@H](O)C(C)C)C(=O)NC(C(=O)N[C@H](C(=O)NCC(=O)N[C@H](C(=O)N[C@@H](CO)C(=O)O)[C@H](O)C(C)=O)[C@H](C)O)[C@@H](C)CC. The van der Waals surface area contributed by atoms with Crippen LogP contribution in [0.4, 0.5) is 0 Å². The zero-order valence-corrected chi connectivity index (χ0v) is 35.1. The van der Waals surface area contributed by atoms with Gasteiger partial charge in [-0.1, -0.05) is 67.2 Å². The van der Waals surface area contributed by atoms with Gasteiger partial charge in [0, 0.05) is 0 Å². The smallest absolute Gasteiger partial charge is 0.328 e. The Labute approximate surface area is 343 Å². The average molecular weight is 847 g/mol. The summed E-state index contributed by atoms with van der Waals surface area (Å²) in [6, 6.07) is -10.5. The summed E-state index contributed by atoms with van der Waals surface area (Å²) < 4.78 is 0. The van der Waals surface area contributed by atoms with Gasteiger partial charge in [-0.2, -0.15) is 0 Å². The summed E-state index contributed by atoms with van der Waals surface area (Å²) in [6.07, 6.45) is -2.64. The molecule has 7 amide bonds. The minimum atomic E-state index is -2.15. The number of carboxylic acids is 1. The van der Waals surface area contributed by atoms with E-state index in [1.54, 1.807) is 34.6 Å². The molecule has 0 aliphatic carbocycles. The second-order valence-electron chi connectivity index (χ2n) is 14.8. The summed E-state index contributed by atoms with van der Waals surface area (Å²) in [6.45, 7) is 10.4. The first-order valence-corrected chi connectivity index (χ1v) is 19.7. The second kappa shape index (κ2) is 27.1.